The molecule has 0 spiro atoms. The minimum absolute atomic E-state index is 0.124. The third-order valence-electron chi connectivity index (χ3n) is 4.18. The first-order chi connectivity index (χ1) is 13.8. The Hall–Kier alpha value is -3.62. The van der Waals surface area contributed by atoms with Crippen LogP contribution < -0.4 is 14.8 Å². The highest BCUT2D eigenvalue weighted by molar-refractivity contribution is 6.08. The lowest BCUT2D eigenvalue weighted by molar-refractivity contribution is -0.385. The summed E-state index contributed by atoms with van der Waals surface area (Å²) < 4.78 is 16.2. The van der Waals surface area contributed by atoms with Crippen molar-refractivity contribution in [3.8, 4) is 11.5 Å². The van der Waals surface area contributed by atoms with E-state index in [1.54, 1.807) is 25.1 Å². The predicted octanol–water partition coefficient (Wildman–Crippen LogP) is 4.52. The fourth-order valence-electron chi connectivity index (χ4n) is 2.78. The largest absolute Gasteiger partial charge is 0.493 e. The fraction of sp³-hybridized carbons (Fsp3) is 0.300. The van der Waals surface area contributed by atoms with Crippen LogP contribution in [0.1, 0.15) is 42.9 Å². The molecule has 1 amide bonds. The molecule has 9 heteroatoms. The second-order valence-electron chi connectivity index (χ2n) is 6.55. The molecule has 1 N–H and O–H groups in total. The molecule has 3 aromatic rings. The van der Waals surface area contributed by atoms with Crippen LogP contribution in [0.4, 0.5) is 11.4 Å². The molecule has 0 atom stereocenters. The maximum atomic E-state index is 12.8. The van der Waals surface area contributed by atoms with Gasteiger partial charge in [-0.25, -0.2) is 4.98 Å². The average Bonchev–Trinajstić information content (AvgIpc) is 3.11. The number of nitro benzene ring substituents is 1. The summed E-state index contributed by atoms with van der Waals surface area (Å²) in [6, 6.07) is 7.48. The van der Waals surface area contributed by atoms with Gasteiger partial charge >= 0.3 is 0 Å². The van der Waals surface area contributed by atoms with E-state index in [9.17, 15) is 14.9 Å². The molecule has 1 aromatic heterocycles. The number of hydrogen-bond donors (Lipinski definition) is 1. The standard InChI is InChI=1S/C20H21N3O6/c1-5-28-18-9-13(15(23(25)26)10-17(18)27-4)19(24)21-12-6-7-16-14(8-12)22-20(29-16)11(2)3/h6-11H,5H2,1-4H3,(H,21,24). The number of aromatic nitrogens is 1. The summed E-state index contributed by atoms with van der Waals surface area (Å²) in [5, 5.41) is 14.1. The molecule has 0 unspecified atom stereocenters. The molecule has 0 radical (unpaired) electrons. The first-order valence-corrected chi connectivity index (χ1v) is 9.05. The Balaban J connectivity index is 1.96. The van der Waals surface area contributed by atoms with Crippen molar-refractivity contribution in [3.63, 3.8) is 0 Å². The molecule has 3 rings (SSSR count). The molecule has 0 bridgehead atoms. The van der Waals surface area contributed by atoms with Crippen molar-refractivity contribution in [2.45, 2.75) is 26.7 Å². The van der Waals surface area contributed by atoms with E-state index < -0.39 is 10.8 Å². The van der Waals surface area contributed by atoms with Gasteiger partial charge in [-0.15, -0.1) is 0 Å². The second-order valence-corrected chi connectivity index (χ2v) is 6.55. The lowest BCUT2D eigenvalue weighted by atomic mass is 10.1. The normalized spacial score (nSPS) is 10.9. The summed E-state index contributed by atoms with van der Waals surface area (Å²) in [5.41, 5.74) is 1.11. The number of carbonyl (C=O) groups excluding carboxylic acids is 1. The first kappa shape index (κ1) is 20.1. The van der Waals surface area contributed by atoms with Crippen LogP contribution >= 0.6 is 0 Å². The van der Waals surface area contributed by atoms with Crippen LogP contribution in [0.2, 0.25) is 0 Å². The number of amides is 1. The number of anilines is 1. The van der Waals surface area contributed by atoms with Crippen molar-refractivity contribution in [2.75, 3.05) is 19.0 Å². The number of nitrogens with zero attached hydrogens (tertiary/aromatic N) is 2. The summed E-state index contributed by atoms with van der Waals surface area (Å²) in [6.45, 7) is 6.01. The van der Waals surface area contributed by atoms with Gasteiger partial charge < -0.3 is 19.2 Å². The van der Waals surface area contributed by atoms with Crippen molar-refractivity contribution in [1.29, 1.82) is 0 Å². The Kier molecular flexibility index (Phi) is 5.67. The van der Waals surface area contributed by atoms with E-state index in [0.29, 0.717) is 29.3 Å². The van der Waals surface area contributed by atoms with E-state index in [2.05, 4.69) is 10.3 Å². The molecule has 0 aliphatic heterocycles. The zero-order valence-electron chi connectivity index (χ0n) is 16.5. The van der Waals surface area contributed by atoms with Crippen LogP contribution in [0.5, 0.6) is 11.5 Å². The van der Waals surface area contributed by atoms with Crippen LogP contribution in [-0.4, -0.2) is 29.5 Å². The zero-order chi connectivity index (χ0) is 21.1. The predicted molar refractivity (Wildman–Crippen MR) is 107 cm³/mol. The number of benzene rings is 2. The molecule has 1 heterocycles. The highest BCUT2D eigenvalue weighted by Crippen LogP contribution is 2.35. The van der Waals surface area contributed by atoms with E-state index in [0.717, 1.165) is 0 Å². The van der Waals surface area contributed by atoms with Gasteiger partial charge in [0.05, 0.1) is 24.7 Å². The molecule has 0 fully saturated rings. The minimum Gasteiger partial charge on any atom is -0.493 e. The van der Waals surface area contributed by atoms with Gasteiger partial charge in [0, 0.05) is 17.7 Å². The second kappa shape index (κ2) is 8.17. The smallest absolute Gasteiger partial charge is 0.286 e. The van der Waals surface area contributed by atoms with Crippen LogP contribution in [0.3, 0.4) is 0 Å². The van der Waals surface area contributed by atoms with Gasteiger partial charge in [-0.2, -0.15) is 0 Å². The van der Waals surface area contributed by atoms with Gasteiger partial charge in [-0.05, 0) is 25.1 Å². The Morgan fingerprint density at radius 1 is 1.28 bits per heavy atom. The van der Waals surface area contributed by atoms with Crippen LogP contribution in [0.15, 0.2) is 34.7 Å². The van der Waals surface area contributed by atoms with Crippen molar-refractivity contribution in [2.24, 2.45) is 0 Å². The lowest BCUT2D eigenvalue weighted by Gasteiger charge is -2.12. The number of carbonyl (C=O) groups is 1. The van der Waals surface area contributed by atoms with E-state index in [-0.39, 0.29) is 28.7 Å². The summed E-state index contributed by atoms with van der Waals surface area (Å²) in [5.74, 6) is 0.502. The number of ether oxygens (including phenoxy) is 2. The molecule has 29 heavy (non-hydrogen) atoms. The van der Waals surface area contributed by atoms with Gasteiger partial charge in [0.15, 0.2) is 23.0 Å². The third kappa shape index (κ3) is 4.13. The SMILES string of the molecule is CCOc1cc(C(=O)Nc2ccc3oc(C(C)C)nc3c2)c([N+](=O)[O-])cc1OC. The Labute approximate surface area is 166 Å². The number of hydrogen-bond acceptors (Lipinski definition) is 7. The van der Waals surface area contributed by atoms with E-state index in [4.69, 9.17) is 13.9 Å². The lowest BCUT2D eigenvalue weighted by Crippen LogP contribution is -2.14. The van der Waals surface area contributed by atoms with Gasteiger partial charge in [-0.3, -0.25) is 14.9 Å². The number of nitro groups is 1. The number of nitrogens with one attached hydrogen (secondary N) is 1. The number of methoxy groups -OCH3 is 1. The topological polar surface area (TPSA) is 117 Å². The quantitative estimate of drug-likeness (QED) is 0.458. The van der Waals surface area contributed by atoms with Crippen LogP contribution in [-0.2, 0) is 0 Å². The summed E-state index contributed by atoms with van der Waals surface area (Å²) in [7, 11) is 1.37. The molecule has 0 saturated heterocycles. The first-order valence-electron chi connectivity index (χ1n) is 9.05. The Bertz CT molecular complexity index is 1070. The van der Waals surface area contributed by atoms with Crippen LogP contribution in [0, 0.1) is 10.1 Å². The fourth-order valence-corrected chi connectivity index (χ4v) is 2.78. The molecule has 0 aliphatic carbocycles. The Morgan fingerprint density at radius 3 is 2.66 bits per heavy atom. The molecule has 152 valence electrons. The summed E-state index contributed by atoms with van der Waals surface area (Å²) in [6.07, 6.45) is 0. The van der Waals surface area contributed by atoms with Gasteiger partial charge in [0.1, 0.15) is 11.1 Å². The third-order valence-corrected chi connectivity index (χ3v) is 4.18. The van der Waals surface area contributed by atoms with Gasteiger partial charge in [0.25, 0.3) is 11.6 Å². The van der Waals surface area contributed by atoms with E-state index in [1.165, 1.54) is 19.2 Å². The van der Waals surface area contributed by atoms with E-state index in [1.807, 2.05) is 13.8 Å². The van der Waals surface area contributed by atoms with Crippen LogP contribution in [0.25, 0.3) is 11.1 Å². The van der Waals surface area contributed by atoms with Crippen molar-refractivity contribution < 1.29 is 23.6 Å². The number of rotatable bonds is 7. The van der Waals surface area contributed by atoms with Gasteiger partial charge in [-0.1, -0.05) is 13.8 Å². The van der Waals surface area contributed by atoms with E-state index >= 15 is 0 Å². The Morgan fingerprint density at radius 2 is 2.03 bits per heavy atom. The minimum atomic E-state index is -0.646. The average molecular weight is 399 g/mol. The highest BCUT2D eigenvalue weighted by atomic mass is 16.6. The van der Waals surface area contributed by atoms with Crippen molar-refractivity contribution in [1.82, 2.24) is 4.98 Å². The van der Waals surface area contributed by atoms with Crippen molar-refractivity contribution in [3.05, 3.63) is 51.9 Å². The van der Waals surface area contributed by atoms with Gasteiger partial charge in [0.2, 0.25) is 0 Å². The number of oxazole rings is 1. The van der Waals surface area contributed by atoms with Crippen molar-refractivity contribution >= 4 is 28.4 Å². The summed E-state index contributed by atoms with van der Waals surface area (Å²) in [4.78, 5) is 28.0. The number of fused-ring (bicyclic) bond motifs is 1. The maximum Gasteiger partial charge on any atom is 0.286 e. The molecule has 2 aromatic carbocycles. The molecule has 0 aliphatic rings. The monoisotopic (exact) mass is 399 g/mol. The molecule has 0 saturated carbocycles. The molecular formula is C20H21N3O6. The molecule has 9 nitrogen and oxygen atoms in total. The zero-order valence-corrected chi connectivity index (χ0v) is 16.5. The maximum absolute atomic E-state index is 12.8. The summed E-state index contributed by atoms with van der Waals surface area (Å²) >= 11 is 0. The molecular weight excluding hydrogens is 378 g/mol. The highest BCUT2D eigenvalue weighted by Gasteiger charge is 2.25.